The molecule has 0 bridgehead atoms. The Bertz CT molecular complexity index is 1190. The second-order valence-corrected chi connectivity index (χ2v) is 10.2. The molecule has 6 nitrogen and oxygen atoms in total. The zero-order valence-corrected chi connectivity index (χ0v) is 17.3. The fraction of sp³-hybridized carbons (Fsp3) is 0.263. The fourth-order valence-electron chi connectivity index (χ4n) is 3.73. The SMILES string of the molecule is CS(=O)(=O)c1nccc2c1c(Sc1ccc(Cl)cc1)c1n2CCC1CC(=O)O. The third-order valence-corrected chi connectivity index (χ3v) is 7.22. The number of rotatable bonds is 5. The lowest BCUT2D eigenvalue weighted by Gasteiger charge is -2.11. The monoisotopic (exact) mass is 436 g/mol. The zero-order valence-electron chi connectivity index (χ0n) is 14.9. The Morgan fingerprint density at radius 2 is 2.04 bits per heavy atom. The van der Waals surface area contributed by atoms with Crippen molar-refractivity contribution in [1.82, 2.24) is 9.55 Å². The predicted molar refractivity (Wildman–Crippen MR) is 108 cm³/mol. The molecule has 0 radical (unpaired) electrons. The lowest BCUT2D eigenvalue weighted by molar-refractivity contribution is -0.137. The van der Waals surface area contributed by atoms with Gasteiger partial charge in [-0.15, -0.1) is 0 Å². The van der Waals surface area contributed by atoms with Crippen LogP contribution in [-0.2, 0) is 21.2 Å². The minimum atomic E-state index is -3.55. The Labute approximate surface area is 171 Å². The summed E-state index contributed by atoms with van der Waals surface area (Å²) in [6.07, 6.45) is 3.35. The number of sulfone groups is 1. The Kier molecular flexibility index (Phi) is 4.89. The number of carboxylic acid groups (broad SMARTS) is 1. The third kappa shape index (κ3) is 3.40. The Morgan fingerprint density at radius 3 is 2.68 bits per heavy atom. The number of pyridine rings is 1. The number of benzene rings is 1. The van der Waals surface area contributed by atoms with Gasteiger partial charge >= 0.3 is 5.97 Å². The van der Waals surface area contributed by atoms with Crippen molar-refractivity contribution in [3.63, 3.8) is 0 Å². The van der Waals surface area contributed by atoms with Crippen molar-refractivity contribution < 1.29 is 18.3 Å². The second-order valence-electron chi connectivity index (χ2n) is 6.79. The number of aromatic nitrogens is 2. The molecule has 1 N–H and O–H groups in total. The van der Waals surface area contributed by atoms with Crippen LogP contribution >= 0.6 is 23.4 Å². The van der Waals surface area contributed by atoms with Gasteiger partial charge in [0.05, 0.1) is 17.3 Å². The molecule has 1 atom stereocenters. The van der Waals surface area contributed by atoms with Crippen LogP contribution in [0, 0.1) is 0 Å². The van der Waals surface area contributed by atoms with Gasteiger partial charge < -0.3 is 9.67 Å². The molecule has 4 rings (SSSR count). The summed E-state index contributed by atoms with van der Waals surface area (Å²) >= 11 is 7.40. The van der Waals surface area contributed by atoms with Gasteiger partial charge in [-0.3, -0.25) is 4.79 Å². The van der Waals surface area contributed by atoms with E-state index in [0.29, 0.717) is 23.4 Å². The highest BCUT2D eigenvalue weighted by molar-refractivity contribution is 7.99. The number of hydrogen-bond acceptors (Lipinski definition) is 5. The molecule has 2 aromatic heterocycles. The Morgan fingerprint density at radius 1 is 1.32 bits per heavy atom. The number of hydrogen-bond donors (Lipinski definition) is 1. The average Bonchev–Trinajstić information content (AvgIpc) is 3.15. The second kappa shape index (κ2) is 7.09. The van der Waals surface area contributed by atoms with Crippen LogP contribution in [0.2, 0.25) is 5.02 Å². The van der Waals surface area contributed by atoms with Gasteiger partial charge in [0.1, 0.15) is 0 Å². The van der Waals surface area contributed by atoms with E-state index < -0.39 is 15.8 Å². The summed E-state index contributed by atoms with van der Waals surface area (Å²) in [5.74, 6) is -1.04. The van der Waals surface area contributed by atoms with Crippen LogP contribution in [0.4, 0.5) is 0 Å². The van der Waals surface area contributed by atoms with Crippen LogP contribution in [0.3, 0.4) is 0 Å². The molecule has 1 unspecified atom stereocenters. The highest BCUT2D eigenvalue weighted by Gasteiger charge is 2.33. The maximum absolute atomic E-state index is 12.4. The number of carbonyl (C=O) groups is 1. The van der Waals surface area contributed by atoms with Crippen molar-refractivity contribution in [2.24, 2.45) is 0 Å². The summed E-state index contributed by atoms with van der Waals surface area (Å²) in [4.78, 5) is 17.2. The Hall–Kier alpha value is -2.03. The average molecular weight is 437 g/mol. The van der Waals surface area contributed by atoms with E-state index in [9.17, 15) is 18.3 Å². The van der Waals surface area contributed by atoms with Gasteiger partial charge in [-0.2, -0.15) is 0 Å². The van der Waals surface area contributed by atoms with Gasteiger partial charge in [-0.05, 0) is 36.8 Å². The standard InChI is InChI=1S/C19H17ClN2O4S2/c1-28(25,26)19-16-14(6-8-21-19)22-9-7-11(10-15(23)24)17(22)18(16)27-13-4-2-12(20)3-5-13/h2-6,8,11H,7,9-10H2,1H3,(H,23,24). The van der Waals surface area contributed by atoms with Gasteiger partial charge in [0.15, 0.2) is 14.9 Å². The first-order chi connectivity index (χ1) is 13.3. The first kappa shape index (κ1) is 19.3. The van der Waals surface area contributed by atoms with Crippen LogP contribution in [-0.4, -0.2) is 35.3 Å². The molecular weight excluding hydrogens is 420 g/mol. The van der Waals surface area contributed by atoms with Gasteiger partial charge in [0, 0.05) is 45.4 Å². The molecule has 0 saturated carbocycles. The first-order valence-electron chi connectivity index (χ1n) is 8.62. The summed E-state index contributed by atoms with van der Waals surface area (Å²) in [5, 5.41) is 10.5. The smallest absolute Gasteiger partial charge is 0.304 e. The molecule has 0 amide bonds. The lowest BCUT2D eigenvalue weighted by Crippen LogP contribution is -2.04. The maximum Gasteiger partial charge on any atom is 0.304 e. The minimum absolute atomic E-state index is 0.00609. The van der Waals surface area contributed by atoms with Crippen LogP contribution in [0.5, 0.6) is 0 Å². The number of fused-ring (bicyclic) bond motifs is 3. The molecule has 1 aromatic carbocycles. The lowest BCUT2D eigenvalue weighted by atomic mass is 10.0. The molecule has 0 saturated heterocycles. The van der Waals surface area contributed by atoms with Gasteiger partial charge in [-0.1, -0.05) is 23.4 Å². The highest BCUT2D eigenvalue weighted by Crippen LogP contribution is 2.48. The predicted octanol–water partition coefficient (Wildman–Crippen LogP) is 4.21. The van der Waals surface area contributed by atoms with Crippen LogP contribution in [0.15, 0.2) is 51.3 Å². The molecule has 0 spiro atoms. The van der Waals surface area contributed by atoms with Crippen LogP contribution in [0.1, 0.15) is 24.5 Å². The van der Waals surface area contributed by atoms with Gasteiger partial charge in [-0.25, -0.2) is 13.4 Å². The van der Waals surface area contributed by atoms with E-state index >= 15 is 0 Å². The van der Waals surface area contributed by atoms with Crippen molar-refractivity contribution in [1.29, 1.82) is 0 Å². The van der Waals surface area contributed by atoms with E-state index in [1.54, 1.807) is 18.2 Å². The first-order valence-corrected chi connectivity index (χ1v) is 11.7. The molecule has 0 fully saturated rings. The zero-order chi connectivity index (χ0) is 20.1. The number of halogens is 1. The van der Waals surface area contributed by atoms with E-state index in [1.807, 2.05) is 16.7 Å². The van der Waals surface area contributed by atoms with E-state index in [2.05, 4.69) is 4.98 Å². The number of aliphatic carboxylic acids is 1. The van der Waals surface area contributed by atoms with Crippen LogP contribution in [0.25, 0.3) is 10.9 Å². The molecule has 3 heterocycles. The van der Waals surface area contributed by atoms with Crippen LogP contribution < -0.4 is 0 Å². The molecule has 0 aliphatic carbocycles. The topological polar surface area (TPSA) is 89.3 Å². The number of nitrogens with zero attached hydrogens (tertiary/aromatic N) is 2. The summed E-state index contributed by atoms with van der Waals surface area (Å²) < 4.78 is 26.8. The van der Waals surface area contributed by atoms with E-state index in [-0.39, 0.29) is 17.4 Å². The molecule has 1 aliphatic rings. The molecule has 9 heteroatoms. The van der Waals surface area contributed by atoms with Gasteiger partial charge in [0.25, 0.3) is 0 Å². The van der Waals surface area contributed by atoms with Crippen molar-refractivity contribution in [3.05, 3.63) is 47.2 Å². The largest absolute Gasteiger partial charge is 0.481 e. The van der Waals surface area contributed by atoms with Crippen molar-refractivity contribution in [2.75, 3.05) is 6.26 Å². The van der Waals surface area contributed by atoms with Crippen molar-refractivity contribution in [3.8, 4) is 0 Å². The molecular formula is C19H17ClN2O4S2. The van der Waals surface area contributed by atoms with Gasteiger partial charge in [0.2, 0.25) is 0 Å². The number of carboxylic acids is 1. The number of aryl methyl sites for hydroxylation is 1. The third-order valence-electron chi connectivity index (χ3n) is 4.83. The molecule has 28 heavy (non-hydrogen) atoms. The van der Waals surface area contributed by atoms with Crippen molar-refractivity contribution >= 4 is 50.1 Å². The summed E-state index contributed by atoms with van der Waals surface area (Å²) in [6, 6.07) is 9.06. The summed E-state index contributed by atoms with van der Waals surface area (Å²) in [6.45, 7) is 0.651. The van der Waals surface area contributed by atoms with E-state index in [0.717, 1.165) is 27.3 Å². The Balaban J connectivity index is 1.98. The molecule has 1 aliphatic heterocycles. The van der Waals surface area contributed by atoms with Crippen molar-refractivity contribution in [2.45, 2.75) is 40.1 Å². The molecule has 3 aromatic rings. The molecule has 146 valence electrons. The van der Waals surface area contributed by atoms with E-state index in [1.165, 1.54) is 18.0 Å². The van der Waals surface area contributed by atoms with E-state index in [4.69, 9.17) is 11.6 Å². The maximum atomic E-state index is 12.4. The summed E-state index contributed by atoms with van der Waals surface area (Å²) in [5.41, 5.74) is 1.64. The highest BCUT2D eigenvalue weighted by atomic mass is 35.5. The summed E-state index contributed by atoms with van der Waals surface area (Å²) in [7, 11) is -3.55. The fourth-order valence-corrected chi connectivity index (χ4v) is 5.95. The normalized spacial score (nSPS) is 16.4. The quantitative estimate of drug-likeness (QED) is 0.644. The minimum Gasteiger partial charge on any atom is -0.481 e.